The molecule has 0 N–H and O–H groups in total. The number of rotatable bonds is 11. The average Bonchev–Trinajstić information content (AvgIpc) is 2.78. The van der Waals surface area contributed by atoms with Gasteiger partial charge < -0.3 is 13.9 Å². The second kappa shape index (κ2) is 11.1. The molecule has 0 fully saturated rings. The van der Waals surface area contributed by atoms with Crippen molar-refractivity contribution in [2.75, 3.05) is 13.2 Å². The van der Waals surface area contributed by atoms with Crippen LogP contribution in [0.4, 0.5) is 0 Å². The predicted molar refractivity (Wildman–Crippen MR) is 116 cm³/mol. The molecule has 0 aliphatic rings. The Bertz CT molecular complexity index is 1010. The van der Waals surface area contributed by atoms with Gasteiger partial charge in [-0.05, 0) is 30.5 Å². The molecule has 158 valence electrons. The van der Waals surface area contributed by atoms with E-state index in [4.69, 9.17) is 13.9 Å². The third kappa shape index (κ3) is 5.92. The number of benzene rings is 1. The molecule has 0 amide bonds. The van der Waals surface area contributed by atoms with Gasteiger partial charge in [-0.3, -0.25) is 4.79 Å². The summed E-state index contributed by atoms with van der Waals surface area (Å²) in [5, 5.41) is 0.778. The van der Waals surface area contributed by atoms with Crippen molar-refractivity contribution in [3.05, 3.63) is 59.1 Å². The van der Waals surface area contributed by atoms with Gasteiger partial charge in [0.25, 0.3) is 5.88 Å². The maximum absolute atomic E-state index is 12.5. The van der Waals surface area contributed by atoms with Gasteiger partial charge in [-0.15, -0.1) is 0 Å². The van der Waals surface area contributed by atoms with Crippen molar-refractivity contribution in [2.24, 2.45) is 0 Å². The highest BCUT2D eigenvalue weighted by molar-refractivity contribution is 5.84. The van der Waals surface area contributed by atoms with Crippen LogP contribution in [0.5, 0.6) is 5.88 Å². The summed E-state index contributed by atoms with van der Waals surface area (Å²) >= 11 is 0. The normalized spacial score (nSPS) is 10.8. The summed E-state index contributed by atoms with van der Waals surface area (Å²) in [6, 6.07) is 13.1. The Morgan fingerprint density at radius 2 is 1.73 bits per heavy atom. The van der Waals surface area contributed by atoms with E-state index in [9.17, 15) is 9.59 Å². The smallest absolute Gasteiger partial charge is 0.344 e. The molecule has 3 rings (SSSR count). The molecule has 3 aromatic rings. The Morgan fingerprint density at radius 3 is 2.50 bits per heavy atom. The molecule has 0 unspecified atom stereocenters. The minimum Gasteiger partial charge on any atom is -0.475 e. The van der Waals surface area contributed by atoms with Gasteiger partial charge in [-0.2, -0.15) is 0 Å². The highest BCUT2D eigenvalue weighted by atomic mass is 16.5. The summed E-state index contributed by atoms with van der Waals surface area (Å²) in [4.78, 5) is 27.8. The van der Waals surface area contributed by atoms with Crippen molar-refractivity contribution in [2.45, 2.75) is 45.4 Å². The van der Waals surface area contributed by atoms with E-state index < -0.39 is 5.63 Å². The Labute approximate surface area is 175 Å². The molecule has 0 aliphatic carbocycles. The zero-order valence-corrected chi connectivity index (χ0v) is 17.3. The number of esters is 1. The van der Waals surface area contributed by atoms with E-state index in [0.29, 0.717) is 36.7 Å². The van der Waals surface area contributed by atoms with E-state index in [0.717, 1.165) is 43.1 Å². The zero-order valence-electron chi connectivity index (χ0n) is 17.3. The first-order valence-corrected chi connectivity index (χ1v) is 10.5. The summed E-state index contributed by atoms with van der Waals surface area (Å²) < 4.78 is 16.4. The predicted octanol–water partition coefficient (Wildman–Crippen LogP) is 5.14. The van der Waals surface area contributed by atoms with E-state index in [1.54, 1.807) is 13.1 Å². The third-order valence-corrected chi connectivity index (χ3v) is 4.78. The largest absolute Gasteiger partial charge is 0.475 e. The van der Waals surface area contributed by atoms with E-state index in [1.807, 2.05) is 42.5 Å². The number of ether oxygens (including phenoxy) is 2. The lowest BCUT2D eigenvalue weighted by Crippen LogP contribution is -2.05. The second-order valence-corrected chi connectivity index (χ2v) is 7.04. The van der Waals surface area contributed by atoms with Crippen LogP contribution >= 0.6 is 0 Å². The van der Waals surface area contributed by atoms with Crippen LogP contribution in [0.1, 0.15) is 45.4 Å². The molecule has 6 heteroatoms. The van der Waals surface area contributed by atoms with Gasteiger partial charge in [0.15, 0.2) is 5.58 Å². The molecular formula is C24H27NO5. The molecule has 0 bridgehead atoms. The van der Waals surface area contributed by atoms with Crippen molar-refractivity contribution in [1.29, 1.82) is 0 Å². The van der Waals surface area contributed by atoms with Crippen LogP contribution in [0.2, 0.25) is 0 Å². The van der Waals surface area contributed by atoms with E-state index >= 15 is 0 Å². The summed E-state index contributed by atoms with van der Waals surface area (Å²) in [7, 11) is 0. The number of pyridine rings is 1. The van der Waals surface area contributed by atoms with Crippen molar-refractivity contribution in [3.63, 3.8) is 0 Å². The van der Waals surface area contributed by atoms with Gasteiger partial charge in [-0.1, -0.05) is 56.5 Å². The molecule has 2 heterocycles. The Hall–Kier alpha value is -3.15. The minimum atomic E-state index is -0.407. The van der Waals surface area contributed by atoms with Crippen LogP contribution in [-0.2, 0) is 9.53 Å². The van der Waals surface area contributed by atoms with Gasteiger partial charge in [0.05, 0.1) is 18.8 Å². The summed E-state index contributed by atoms with van der Waals surface area (Å²) in [6.45, 7) is 2.79. The molecule has 0 aliphatic heterocycles. The summed E-state index contributed by atoms with van der Waals surface area (Å²) in [5.74, 6) is 0.198. The summed E-state index contributed by atoms with van der Waals surface area (Å²) in [6.07, 6.45) is 6.91. The fourth-order valence-electron chi connectivity index (χ4n) is 3.13. The average molecular weight is 409 g/mol. The van der Waals surface area contributed by atoms with Gasteiger partial charge in [0.1, 0.15) is 0 Å². The molecule has 0 saturated heterocycles. The number of fused-ring (bicyclic) bond motifs is 1. The molecule has 6 nitrogen and oxygen atoms in total. The fourth-order valence-corrected chi connectivity index (χ4v) is 3.13. The number of unbranched alkanes of at least 4 members (excludes halogenated alkanes) is 4. The maximum atomic E-state index is 12.5. The first-order valence-electron chi connectivity index (χ1n) is 10.5. The SMILES string of the molecule is CCC(=O)OCCCCCCCOc1nccc2cc(-c3ccccc3)c(=O)oc12. The Kier molecular flexibility index (Phi) is 8.01. The van der Waals surface area contributed by atoms with Crippen LogP contribution in [-0.4, -0.2) is 24.2 Å². The lowest BCUT2D eigenvalue weighted by atomic mass is 10.1. The molecule has 2 aromatic heterocycles. The Balaban J connectivity index is 1.50. The number of carbonyl (C=O) groups is 1. The number of nitrogens with zero attached hydrogens (tertiary/aromatic N) is 1. The standard InChI is InChI=1S/C24H27NO5/c1-2-21(26)28-15-9-4-3-5-10-16-29-23-22-19(13-14-25-23)17-20(24(27)30-22)18-11-7-6-8-12-18/h6-8,11-14,17H,2-5,9-10,15-16H2,1H3. The highest BCUT2D eigenvalue weighted by Gasteiger charge is 2.12. The van der Waals surface area contributed by atoms with Crippen LogP contribution < -0.4 is 10.4 Å². The van der Waals surface area contributed by atoms with E-state index in [2.05, 4.69) is 4.98 Å². The molecule has 30 heavy (non-hydrogen) atoms. The quantitative estimate of drug-likeness (QED) is 0.322. The monoisotopic (exact) mass is 409 g/mol. The minimum absolute atomic E-state index is 0.145. The lowest BCUT2D eigenvalue weighted by molar-refractivity contribution is -0.143. The molecule has 0 radical (unpaired) electrons. The fraction of sp³-hybridized carbons (Fsp3) is 0.375. The first kappa shape index (κ1) is 21.6. The van der Waals surface area contributed by atoms with Crippen LogP contribution in [0.15, 0.2) is 57.9 Å². The van der Waals surface area contributed by atoms with Gasteiger partial charge in [0.2, 0.25) is 0 Å². The van der Waals surface area contributed by atoms with Crippen molar-refractivity contribution >= 4 is 16.9 Å². The Morgan fingerprint density at radius 1 is 1.00 bits per heavy atom. The number of carbonyl (C=O) groups excluding carboxylic acids is 1. The van der Waals surface area contributed by atoms with Crippen LogP contribution in [0.25, 0.3) is 22.1 Å². The van der Waals surface area contributed by atoms with Gasteiger partial charge >= 0.3 is 11.6 Å². The van der Waals surface area contributed by atoms with Crippen LogP contribution in [0.3, 0.4) is 0 Å². The molecular weight excluding hydrogens is 382 g/mol. The topological polar surface area (TPSA) is 78.6 Å². The van der Waals surface area contributed by atoms with Crippen molar-refractivity contribution in [1.82, 2.24) is 4.98 Å². The van der Waals surface area contributed by atoms with E-state index in [-0.39, 0.29) is 5.97 Å². The number of hydrogen-bond acceptors (Lipinski definition) is 6. The zero-order chi connectivity index (χ0) is 21.2. The molecule has 0 spiro atoms. The maximum Gasteiger partial charge on any atom is 0.344 e. The third-order valence-electron chi connectivity index (χ3n) is 4.78. The molecule has 1 aromatic carbocycles. The molecule has 0 atom stereocenters. The summed E-state index contributed by atoms with van der Waals surface area (Å²) in [5.41, 5.74) is 1.30. The number of hydrogen-bond donors (Lipinski definition) is 0. The van der Waals surface area contributed by atoms with E-state index in [1.165, 1.54) is 0 Å². The van der Waals surface area contributed by atoms with Crippen molar-refractivity contribution < 1.29 is 18.7 Å². The number of aromatic nitrogens is 1. The lowest BCUT2D eigenvalue weighted by Gasteiger charge is -2.08. The van der Waals surface area contributed by atoms with Crippen LogP contribution in [0, 0.1) is 0 Å². The first-order chi connectivity index (χ1) is 14.7. The van der Waals surface area contributed by atoms with Gasteiger partial charge in [-0.25, -0.2) is 9.78 Å². The highest BCUT2D eigenvalue weighted by Crippen LogP contribution is 2.26. The second-order valence-electron chi connectivity index (χ2n) is 7.04. The van der Waals surface area contributed by atoms with Gasteiger partial charge in [0, 0.05) is 18.0 Å². The van der Waals surface area contributed by atoms with Crippen molar-refractivity contribution in [3.8, 4) is 17.0 Å². The molecule has 0 saturated carbocycles.